The van der Waals surface area contributed by atoms with Crippen LogP contribution < -0.4 is 0 Å². The Kier molecular flexibility index (Phi) is 5.84. The highest BCUT2D eigenvalue weighted by Crippen LogP contribution is 2.40. The van der Waals surface area contributed by atoms with Crippen LogP contribution in [-0.2, 0) is 11.3 Å². The molecule has 1 aromatic carbocycles. The average molecular weight is 370 g/mol. The normalized spacial score (nSPS) is 26.7. The van der Waals surface area contributed by atoms with E-state index in [2.05, 4.69) is 53.7 Å². The zero-order valence-electron chi connectivity index (χ0n) is 17.2. The van der Waals surface area contributed by atoms with E-state index in [1.54, 1.807) is 0 Å². The first-order valence-corrected chi connectivity index (χ1v) is 10.9. The molecule has 27 heavy (non-hydrogen) atoms. The van der Waals surface area contributed by atoms with E-state index in [9.17, 15) is 0 Å². The molecule has 4 nitrogen and oxygen atoms in total. The van der Waals surface area contributed by atoms with E-state index in [0.717, 1.165) is 37.8 Å². The second kappa shape index (κ2) is 8.32. The molecule has 2 saturated heterocycles. The standard InChI is InChI=1S/C23H35N3O/c1-4-27-10-9-19-12-21-7-8-22(13-19)25(21)15-18(3)16-26-23-11-17(2)5-6-20(23)14-24-26/h5-6,11,14,18-19,21-22H,4,7-10,12-13,15-16H2,1-3H3/t18-,19-,21+,22-/m1/s1. The summed E-state index contributed by atoms with van der Waals surface area (Å²) in [4.78, 5) is 2.83. The molecule has 2 bridgehead atoms. The van der Waals surface area contributed by atoms with E-state index < -0.39 is 0 Å². The van der Waals surface area contributed by atoms with Gasteiger partial charge in [-0.25, -0.2) is 0 Å². The Labute approximate surface area is 163 Å². The molecular formula is C23H35N3O. The molecule has 0 N–H and O–H groups in total. The third-order valence-corrected chi connectivity index (χ3v) is 6.66. The van der Waals surface area contributed by atoms with Gasteiger partial charge in [0.15, 0.2) is 0 Å². The molecule has 2 aliphatic heterocycles. The van der Waals surface area contributed by atoms with Gasteiger partial charge in [0, 0.05) is 43.8 Å². The van der Waals surface area contributed by atoms with Gasteiger partial charge < -0.3 is 4.74 Å². The molecule has 0 spiro atoms. The van der Waals surface area contributed by atoms with Crippen LogP contribution in [0.25, 0.3) is 10.9 Å². The number of piperidine rings is 1. The molecule has 0 radical (unpaired) electrons. The summed E-state index contributed by atoms with van der Waals surface area (Å²) in [5.74, 6) is 1.50. The van der Waals surface area contributed by atoms with Crippen LogP contribution in [0.1, 0.15) is 51.5 Å². The molecule has 2 fully saturated rings. The minimum Gasteiger partial charge on any atom is -0.382 e. The zero-order valence-corrected chi connectivity index (χ0v) is 17.2. The van der Waals surface area contributed by atoms with Crippen LogP contribution in [-0.4, -0.2) is 46.5 Å². The van der Waals surface area contributed by atoms with E-state index in [-0.39, 0.29) is 0 Å². The highest BCUT2D eigenvalue weighted by molar-refractivity contribution is 5.79. The second-order valence-corrected chi connectivity index (χ2v) is 8.90. The van der Waals surface area contributed by atoms with E-state index >= 15 is 0 Å². The number of benzene rings is 1. The van der Waals surface area contributed by atoms with Crippen molar-refractivity contribution >= 4 is 10.9 Å². The van der Waals surface area contributed by atoms with Gasteiger partial charge in [0.05, 0.1) is 11.7 Å². The predicted octanol–water partition coefficient (Wildman–Crippen LogP) is 4.65. The molecule has 4 atom stereocenters. The summed E-state index contributed by atoms with van der Waals surface area (Å²) in [6.45, 7) is 10.7. The van der Waals surface area contributed by atoms with Gasteiger partial charge in [-0.1, -0.05) is 19.1 Å². The minimum absolute atomic E-state index is 0.622. The van der Waals surface area contributed by atoms with Gasteiger partial charge in [0.2, 0.25) is 0 Å². The summed E-state index contributed by atoms with van der Waals surface area (Å²) in [5, 5.41) is 5.91. The summed E-state index contributed by atoms with van der Waals surface area (Å²) in [5.41, 5.74) is 2.59. The first kappa shape index (κ1) is 18.9. The van der Waals surface area contributed by atoms with Crippen LogP contribution in [0.15, 0.2) is 24.4 Å². The van der Waals surface area contributed by atoms with Gasteiger partial charge in [0.1, 0.15) is 0 Å². The Morgan fingerprint density at radius 3 is 2.70 bits per heavy atom. The van der Waals surface area contributed by atoms with Crippen molar-refractivity contribution in [3.8, 4) is 0 Å². The van der Waals surface area contributed by atoms with E-state index in [1.165, 1.54) is 55.1 Å². The lowest BCUT2D eigenvalue weighted by atomic mass is 9.88. The molecule has 0 aliphatic carbocycles. The lowest BCUT2D eigenvalue weighted by Crippen LogP contribution is -2.45. The fourth-order valence-corrected chi connectivity index (χ4v) is 5.35. The molecule has 2 aromatic rings. The van der Waals surface area contributed by atoms with E-state index in [4.69, 9.17) is 4.74 Å². The number of ether oxygens (including phenoxy) is 1. The van der Waals surface area contributed by atoms with Crippen LogP contribution >= 0.6 is 0 Å². The van der Waals surface area contributed by atoms with Crippen molar-refractivity contribution in [2.45, 2.75) is 71.5 Å². The van der Waals surface area contributed by atoms with Crippen molar-refractivity contribution in [2.75, 3.05) is 19.8 Å². The van der Waals surface area contributed by atoms with Gasteiger partial charge in [0.25, 0.3) is 0 Å². The Morgan fingerprint density at radius 1 is 1.19 bits per heavy atom. The fraction of sp³-hybridized carbons (Fsp3) is 0.696. The summed E-state index contributed by atoms with van der Waals surface area (Å²) in [6, 6.07) is 8.23. The Morgan fingerprint density at radius 2 is 1.96 bits per heavy atom. The van der Waals surface area contributed by atoms with Crippen LogP contribution in [0.2, 0.25) is 0 Å². The van der Waals surface area contributed by atoms with Gasteiger partial charge in [-0.15, -0.1) is 0 Å². The molecule has 0 unspecified atom stereocenters. The number of aryl methyl sites for hydroxylation is 1. The third-order valence-electron chi connectivity index (χ3n) is 6.66. The van der Waals surface area contributed by atoms with Crippen LogP contribution in [0.4, 0.5) is 0 Å². The minimum atomic E-state index is 0.622. The Balaban J connectivity index is 1.34. The number of rotatable bonds is 8. The zero-order chi connectivity index (χ0) is 18.8. The molecule has 3 heterocycles. The average Bonchev–Trinajstić information content (AvgIpc) is 3.12. The molecule has 1 aromatic heterocycles. The largest absolute Gasteiger partial charge is 0.382 e. The van der Waals surface area contributed by atoms with Crippen molar-refractivity contribution in [1.82, 2.24) is 14.7 Å². The third kappa shape index (κ3) is 4.22. The molecule has 2 aliphatic rings. The van der Waals surface area contributed by atoms with Crippen LogP contribution in [0.3, 0.4) is 0 Å². The molecule has 4 heteroatoms. The SMILES string of the molecule is CCOCC[C@H]1C[C@H]2CC[C@@H](C1)N2C[C@@H](C)Cn1ncc2ccc(C)cc21. The van der Waals surface area contributed by atoms with Crippen LogP contribution in [0.5, 0.6) is 0 Å². The van der Waals surface area contributed by atoms with Crippen LogP contribution in [0, 0.1) is 18.8 Å². The summed E-state index contributed by atoms with van der Waals surface area (Å²) < 4.78 is 7.81. The maximum atomic E-state index is 5.60. The molecule has 0 amide bonds. The number of hydrogen-bond acceptors (Lipinski definition) is 3. The van der Waals surface area contributed by atoms with Crippen molar-refractivity contribution < 1.29 is 4.74 Å². The Bertz CT molecular complexity index is 741. The summed E-state index contributed by atoms with van der Waals surface area (Å²) in [6.07, 6.45) is 8.80. The van der Waals surface area contributed by atoms with Crippen molar-refractivity contribution in [3.05, 3.63) is 30.0 Å². The van der Waals surface area contributed by atoms with E-state index in [0.29, 0.717) is 5.92 Å². The van der Waals surface area contributed by atoms with Gasteiger partial charge in [-0.2, -0.15) is 5.10 Å². The van der Waals surface area contributed by atoms with Crippen molar-refractivity contribution in [2.24, 2.45) is 11.8 Å². The fourth-order valence-electron chi connectivity index (χ4n) is 5.35. The Hall–Kier alpha value is -1.39. The molecular weight excluding hydrogens is 334 g/mol. The molecule has 0 saturated carbocycles. The lowest BCUT2D eigenvalue weighted by Gasteiger charge is -2.40. The highest BCUT2D eigenvalue weighted by Gasteiger charge is 2.40. The summed E-state index contributed by atoms with van der Waals surface area (Å²) >= 11 is 0. The van der Waals surface area contributed by atoms with Crippen molar-refractivity contribution in [3.63, 3.8) is 0 Å². The number of fused-ring (bicyclic) bond motifs is 3. The smallest absolute Gasteiger partial charge is 0.0685 e. The summed E-state index contributed by atoms with van der Waals surface area (Å²) in [7, 11) is 0. The highest BCUT2D eigenvalue weighted by atomic mass is 16.5. The van der Waals surface area contributed by atoms with Gasteiger partial charge >= 0.3 is 0 Å². The van der Waals surface area contributed by atoms with Gasteiger partial charge in [-0.05, 0) is 69.4 Å². The quantitative estimate of drug-likeness (QED) is 0.635. The number of nitrogens with zero attached hydrogens (tertiary/aromatic N) is 3. The first-order chi connectivity index (χ1) is 13.1. The monoisotopic (exact) mass is 369 g/mol. The van der Waals surface area contributed by atoms with Gasteiger partial charge in [-0.3, -0.25) is 9.58 Å². The second-order valence-electron chi connectivity index (χ2n) is 8.90. The maximum absolute atomic E-state index is 5.60. The lowest BCUT2D eigenvalue weighted by molar-refractivity contribution is 0.0635. The predicted molar refractivity (Wildman–Crippen MR) is 111 cm³/mol. The van der Waals surface area contributed by atoms with Crippen molar-refractivity contribution in [1.29, 1.82) is 0 Å². The maximum Gasteiger partial charge on any atom is 0.0685 e. The number of aromatic nitrogens is 2. The molecule has 148 valence electrons. The molecule has 4 rings (SSSR count). The topological polar surface area (TPSA) is 30.3 Å². The van der Waals surface area contributed by atoms with E-state index in [1.807, 2.05) is 6.20 Å². The first-order valence-electron chi connectivity index (χ1n) is 10.9. The number of hydrogen-bond donors (Lipinski definition) is 0.